The number of carbonyl (C=O) groups excluding carboxylic acids is 2. The van der Waals surface area contributed by atoms with Gasteiger partial charge >= 0.3 is 0 Å². The molecule has 0 unspecified atom stereocenters. The number of aryl methyl sites for hydroxylation is 1. The summed E-state index contributed by atoms with van der Waals surface area (Å²) in [6.07, 6.45) is 0. The molecule has 0 radical (unpaired) electrons. The van der Waals surface area contributed by atoms with Crippen molar-refractivity contribution in [2.45, 2.75) is 33.1 Å². The van der Waals surface area contributed by atoms with Crippen molar-refractivity contribution in [3.8, 4) is 5.75 Å². The molecule has 7 heteroatoms. The molecular formula is C22H26Cl2N2O3. The average molecular weight is 437 g/mol. The fourth-order valence-electron chi connectivity index (χ4n) is 2.70. The van der Waals surface area contributed by atoms with Gasteiger partial charge in [-0.3, -0.25) is 9.59 Å². The van der Waals surface area contributed by atoms with Gasteiger partial charge in [0.1, 0.15) is 5.75 Å². The van der Waals surface area contributed by atoms with Gasteiger partial charge in [-0.05, 0) is 42.2 Å². The Morgan fingerprint density at radius 3 is 2.34 bits per heavy atom. The molecule has 29 heavy (non-hydrogen) atoms. The lowest BCUT2D eigenvalue weighted by Crippen LogP contribution is -2.37. The Morgan fingerprint density at radius 2 is 1.69 bits per heavy atom. The molecule has 2 N–H and O–H groups in total. The van der Waals surface area contributed by atoms with E-state index in [9.17, 15) is 9.59 Å². The van der Waals surface area contributed by atoms with Crippen molar-refractivity contribution in [1.29, 1.82) is 0 Å². The fourth-order valence-corrected chi connectivity index (χ4v) is 3.19. The second-order valence-corrected chi connectivity index (χ2v) is 8.61. The van der Waals surface area contributed by atoms with Crippen LogP contribution in [0, 0.1) is 6.92 Å². The van der Waals surface area contributed by atoms with Gasteiger partial charge in [0, 0.05) is 18.1 Å². The predicted octanol–water partition coefficient (Wildman–Crippen LogP) is 4.52. The van der Waals surface area contributed by atoms with Crippen LogP contribution < -0.4 is 15.4 Å². The van der Waals surface area contributed by atoms with Crippen LogP contribution in [0.25, 0.3) is 0 Å². The van der Waals surface area contributed by atoms with Crippen LogP contribution in [0.3, 0.4) is 0 Å². The lowest BCUT2D eigenvalue weighted by atomic mass is 9.85. The Balaban J connectivity index is 1.79. The maximum atomic E-state index is 12.1. The van der Waals surface area contributed by atoms with E-state index in [1.165, 1.54) is 6.07 Å². The molecule has 0 spiro atoms. The van der Waals surface area contributed by atoms with Crippen molar-refractivity contribution >= 4 is 35.0 Å². The standard InChI is InChI=1S/C22H26Cl2N2O3/c1-14-5-8-19(17(11-14)22(2,3)4)29-13-20(27)25-9-10-26-21(28)16-7-6-15(23)12-18(16)24/h5-8,11-12H,9-10,13H2,1-4H3,(H,25,27)(H,26,28). The molecule has 5 nitrogen and oxygen atoms in total. The van der Waals surface area contributed by atoms with E-state index >= 15 is 0 Å². The summed E-state index contributed by atoms with van der Waals surface area (Å²) in [4.78, 5) is 24.2. The number of nitrogens with one attached hydrogen (secondary N) is 2. The van der Waals surface area contributed by atoms with Gasteiger partial charge in [-0.1, -0.05) is 61.7 Å². The van der Waals surface area contributed by atoms with Gasteiger partial charge in [0.15, 0.2) is 6.61 Å². The summed E-state index contributed by atoms with van der Waals surface area (Å²) in [5.41, 5.74) is 2.44. The molecule has 2 rings (SSSR count). The largest absolute Gasteiger partial charge is 0.483 e. The summed E-state index contributed by atoms with van der Waals surface area (Å²) in [5, 5.41) is 6.16. The Labute approximate surface area is 181 Å². The zero-order chi connectivity index (χ0) is 21.6. The lowest BCUT2D eigenvalue weighted by molar-refractivity contribution is -0.123. The molecule has 0 aromatic heterocycles. The third-order valence-electron chi connectivity index (χ3n) is 4.21. The van der Waals surface area contributed by atoms with Crippen LogP contribution in [-0.4, -0.2) is 31.5 Å². The maximum absolute atomic E-state index is 12.1. The van der Waals surface area contributed by atoms with Crippen molar-refractivity contribution in [2.24, 2.45) is 0 Å². The van der Waals surface area contributed by atoms with Crippen molar-refractivity contribution in [3.63, 3.8) is 0 Å². The van der Waals surface area contributed by atoms with E-state index in [1.807, 2.05) is 19.1 Å². The topological polar surface area (TPSA) is 67.4 Å². The second-order valence-electron chi connectivity index (χ2n) is 7.77. The van der Waals surface area contributed by atoms with E-state index < -0.39 is 0 Å². The lowest BCUT2D eigenvalue weighted by Gasteiger charge is -2.23. The van der Waals surface area contributed by atoms with E-state index in [0.29, 0.717) is 16.3 Å². The van der Waals surface area contributed by atoms with Crippen molar-refractivity contribution < 1.29 is 14.3 Å². The number of hydrogen-bond acceptors (Lipinski definition) is 3. The Hall–Kier alpha value is -2.24. The highest BCUT2D eigenvalue weighted by Crippen LogP contribution is 2.32. The molecule has 2 aromatic carbocycles. The van der Waals surface area contributed by atoms with Crippen LogP contribution in [0.5, 0.6) is 5.75 Å². The number of amides is 2. The predicted molar refractivity (Wildman–Crippen MR) is 117 cm³/mol. The van der Waals surface area contributed by atoms with Gasteiger partial charge < -0.3 is 15.4 Å². The maximum Gasteiger partial charge on any atom is 0.258 e. The molecule has 0 aliphatic carbocycles. The molecule has 0 atom stereocenters. The number of carbonyl (C=O) groups is 2. The van der Waals surface area contributed by atoms with Crippen molar-refractivity contribution in [1.82, 2.24) is 10.6 Å². The normalized spacial score (nSPS) is 11.1. The summed E-state index contributed by atoms with van der Waals surface area (Å²) in [7, 11) is 0. The molecule has 0 saturated heterocycles. The van der Waals surface area contributed by atoms with Crippen LogP contribution in [-0.2, 0) is 10.2 Å². The minimum atomic E-state index is -0.327. The van der Waals surface area contributed by atoms with Crippen molar-refractivity contribution in [2.75, 3.05) is 19.7 Å². The summed E-state index contributed by atoms with van der Waals surface area (Å²) >= 11 is 11.8. The molecule has 0 heterocycles. The summed E-state index contributed by atoms with van der Waals surface area (Å²) in [6.45, 7) is 8.78. The monoisotopic (exact) mass is 436 g/mol. The average Bonchev–Trinajstić information content (AvgIpc) is 2.63. The molecule has 156 valence electrons. The highest BCUT2D eigenvalue weighted by Gasteiger charge is 2.19. The van der Waals surface area contributed by atoms with Gasteiger partial charge in [-0.25, -0.2) is 0 Å². The quantitative estimate of drug-likeness (QED) is 0.626. The number of halogens is 2. The van der Waals surface area contributed by atoms with Crippen molar-refractivity contribution in [3.05, 3.63) is 63.1 Å². The van der Waals surface area contributed by atoms with Gasteiger partial charge in [-0.2, -0.15) is 0 Å². The van der Waals surface area contributed by atoms with Gasteiger partial charge in [0.05, 0.1) is 10.6 Å². The molecule has 0 fully saturated rings. The molecule has 2 amide bonds. The van der Waals surface area contributed by atoms with E-state index in [0.717, 1.165) is 11.1 Å². The number of ether oxygens (including phenoxy) is 1. The highest BCUT2D eigenvalue weighted by molar-refractivity contribution is 6.36. The van der Waals surface area contributed by atoms with E-state index in [1.54, 1.807) is 12.1 Å². The Bertz CT molecular complexity index is 892. The minimum absolute atomic E-state index is 0.0922. The zero-order valence-corrected chi connectivity index (χ0v) is 18.6. The molecule has 0 aliphatic heterocycles. The van der Waals surface area contributed by atoms with Crippen LogP contribution in [0.2, 0.25) is 10.0 Å². The number of benzene rings is 2. The first-order valence-electron chi connectivity index (χ1n) is 9.32. The first-order valence-corrected chi connectivity index (χ1v) is 10.1. The fraction of sp³-hybridized carbons (Fsp3) is 0.364. The van der Waals surface area contributed by atoms with Crippen LogP contribution in [0.15, 0.2) is 36.4 Å². The third kappa shape index (κ3) is 6.94. The molecular weight excluding hydrogens is 411 g/mol. The first-order chi connectivity index (χ1) is 13.6. The van der Waals surface area contributed by atoms with E-state index in [4.69, 9.17) is 27.9 Å². The Morgan fingerprint density at radius 1 is 1.00 bits per heavy atom. The first kappa shape index (κ1) is 23.0. The Kier molecular flexibility index (Phi) is 7.94. The van der Waals surface area contributed by atoms with Gasteiger partial charge in [-0.15, -0.1) is 0 Å². The van der Waals surface area contributed by atoms with E-state index in [2.05, 4.69) is 37.5 Å². The molecule has 0 saturated carbocycles. The second kappa shape index (κ2) is 9.99. The molecule has 0 aliphatic rings. The minimum Gasteiger partial charge on any atom is -0.483 e. The van der Waals surface area contributed by atoms with Gasteiger partial charge in [0.25, 0.3) is 11.8 Å². The molecule has 0 bridgehead atoms. The SMILES string of the molecule is Cc1ccc(OCC(=O)NCCNC(=O)c2ccc(Cl)cc2Cl)c(C(C)(C)C)c1. The smallest absolute Gasteiger partial charge is 0.258 e. The van der Waals surface area contributed by atoms with Crippen LogP contribution >= 0.6 is 23.2 Å². The zero-order valence-electron chi connectivity index (χ0n) is 17.1. The summed E-state index contributed by atoms with van der Waals surface area (Å²) in [5.74, 6) is 0.111. The molecule has 2 aromatic rings. The summed E-state index contributed by atoms with van der Waals surface area (Å²) in [6, 6.07) is 10.6. The third-order valence-corrected chi connectivity index (χ3v) is 4.76. The highest BCUT2D eigenvalue weighted by atomic mass is 35.5. The number of hydrogen-bond donors (Lipinski definition) is 2. The summed E-state index contributed by atoms with van der Waals surface area (Å²) < 4.78 is 5.73. The van der Waals surface area contributed by atoms with Crippen LogP contribution in [0.4, 0.5) is 0 Å². The van der Waals surface area contributed by atoms with Gasteiger partial charge in [0.2, 0.25) is 0 Å². The number of rotatable bonds is 7. The van der Waals surface area contributed by atoms with E-state index in [-0.39, 0.29) is 41.9 Å². The van der Waals surface area contributed by atoms with Crippen LogP contribution in [0.1, 0.15) is 42.3 Å².